The van der Waals surface area contributed by atoms with Gasteiger partial charge in [0.05, 0.1) is 19.3 Å². The predicted molar refractivity (Wildman–Crippen MR) is 72.0 cm³/mol. The van der Waals surface area contributed by atoms with Crippen LogP contribution in [0, 0.1) is 0 Å². The van der Waals surface area contributed by atoms with Crippen molar-refractivity contribution in [1.29, 1.82) is 0 Å². The van der Waals surface area contributed by atoms with Gasteiger partial charge in [0.15, 0.2) is 6.29 Å². The Bertz CT molecular complexity index is 353. The van der Waals surface area contributed by atoms with Gasteiger partial charge in [-0.25, -0.2) is 5.26 Å². The largest absolute Gasteiger partial charge is 0.394 e. The van der Waals surface area contributed by atoms with Crippen molar-refractivity contribution < 1.29 is 60.1 Å². The standard InChI is InChI=1S/C12H24O12/c1-4(15)10(6(3-14)22-12(19)24-20)23-11-9(18)8(17)7(16)5(2-13)21-11/h4-20H,2-3H2,1H3/t4-,5-,6-,7+,8+,9-,10+,11+,12+/m1/s1. The fourth-order valence-electron chi connectivity index (χ4n) is 2.25. The van der Waals surface area contributed by atoms with Gasteiger partial charge in [0, 0.05) is 0 Å². The number of aliphatic hydroxyl groups is 7. The molecule has 12 heteroatoms. The zero-order valence-corrected chi connectivity index (χ0v) is 12.8. The van der Waals surface area contributed by atoms with Crippen LogP contribution in [0.1, 0.15) is 6.92 Å². The Hall–Kier alpha value is -0.480. The van der Waals surface area contributed by atoms with Crippen LogP contribution in [0.15, 0.2) is 0 Å². The lowest BCUT2D eigenvalue weighted by atomic mass is 9.99. The van der Waals surface area contributed by atoms with E-state index in [-0.39, 0.29) is 0 Å². The molecule has 1 rings (SSSR count). The molecule has 0 aromatic heterocycles. The zero-order valence-electron chi connectivity index (χ0n) is 12.8. The molecule has 1 aliphatic heterocycles. The summed E-state index contributed by atoms with van der Waals surface area (Å²) in [4.78, 5) is 3.49. The Labute approximate surface area is 136 Å². The average Bonchev–Trinajstić information content (AvgIpc) is 2.56. The van der Waals surface area contributed by atoms with E-state index in [1.165, 1.54) is 6.92 Å². The Morgan fingerprint density at radius 2 is 1.67 bits per heavy atom. The second-order valence-electron chi connectivity index (χ2n) is 5.31. The normalized spacial score (nSPS) is 36.1. The maximum Gasteiger partial charge on any atom is 0.298 e. The smallest absolute Gasteiger partial charge is 0.298 e. The van der Waals surface area contributed by atoms with Gasteiger partial charge in [-0.3, -0.25) is 0 Å². The first-order chi connectivity index (χ1) is 11.3. The Kier molecular flexibility index (Phi) is 8.86. The third kappa shape index (κ3) is 5.26. The molecule has 0 spiro atoms. The van der Waals surface area contributed by atoms with E-state index < -0.39 is 68.7 Å². The van der Waals surface area contributed by atoms with E-state index in [1.54, 1.807) is 0 Å². The van der Waals surface area contributed by atoms with E-state index >= 15 is 0 Å². The molecule has 0 aromatic carbocycles. The molecule has 0 saturated carbocycles. The van der Waals surface area contributed by atoms with Crippen LogP contribution >= 0.6 is 0 Å². The molecule has 0 bridgehead atoms. The molecular weight excluding hydrogens is 336 g/mol. The molecule has 24 heavy (non-hydrogen) atoms. The van der Waals surface area contributed by atoms with Crippen LogP contribution in [0.2, 0.25) is 0 Å². The summed E-state index contributed by atoms with van der Waals surface area (Å²) in [6, 6.07) is 0. The molecule has 0 aromatic rings. The lowest BCUT2D eigenvalue weighted by molar-refractivity contribution is -0.428. The van der Waals surface area contributed by atoms with Crippen molar-refractivity contribution in [3.63, 3.8) is 0 Å². The minimum atomic E-state index is -2.14. The van der Waals surface area contributed by atoms with E-state index in [4.69, 9.17) is 29.7 Å². The summed E-state index contributed by atoms with van der Waals surface area (Å²) in [5, 5.41) is 74.8. The zero-order chi connectivity index (χ0) is 18.4. The van der Waals surface area contributed by atoms with Gasteiger partial charge in [-0.05, 0) is 6.92 Å². The third-order valence-corrected chi connectivity index (χ3v) is 3.54. The molecule has 144 valence electrons. The van der Waals surface area contributed by atoms with Gasteiger partial charge in [0.2, 0.25) is 0 Å². The Morgan fingerprint density at radius 3 is 2.12 bits per heavy atom. The summed E-state index contributed by atoms with van der Waals surface area (Å²) >= 11 is 0. The second-order valence-corrected chi connectivity index (χ2v) is 5.31. The van der Waals surface area contributed by atoms with E-state index in [0.29, 0.717) is 0 Å². The monoisotopic (exact) mass is 360 g/mol. The van der Waals surface area contributed by atoms with Crippen molar-refractivity contribution in [2.45, 2.75) is 62.4 Å². The fraction of sp³-hybridized carbons (Fsp3) is 1.00. The number of rotatable bonds is 9. The highest BCUT2D eigenvalue weighted by Gasteiger charge is 2.46. The lowest BCUT2D eigenvalue weighted by Gasteiger charge is -2.42. The molecule has 0 unspecified atom stereocenters. The number of hydrogen-bond donors (Lipinski definition) is 8. The quantitative estimate of drug-likeness (QED) is 0.112. The van der Waals surface area contributed by atoms with Crippen LogP contribution in [0.25, 0.3) is 0 Å². The first kappa shape index (κ1) is 21.6. The first-order valence-corrected chi connectivity index (χ1v) is 7.15. The highest BCUT2D eigenvalue weighted by molar-refractivity contribution is 4.90. The summed E-state index contributed by atoms with van der Waals surface area (Å²) < 4.78 is 15.1. The minimum Gasteiger partial charge on any atom is -0.394 e. The summed E-state index contributed by atoms with van der Waals surface area (Å²) in [7, 11) is 0. The molecule has 0 amide bonds. The van der Waals surface area contributed by atoms with Crippen molar-refractivity contribution in [2.24, 2.45) is 0 Å². The van der Waals surface area contributed by atoms with Crippen molar-refractivity contribution in [3.8, 4) is 0 Å². The molecule has 1 aliphatic rings. The maximum atomic E-state index is 9.89. The molecular formula is C12H24O12. The van der Waals surface area contributed by atoms with Crippen LogP contribution in [-0.2, 0) is 19.1 Å². The molecule has 1 saturated heterocycles. The second kappa shape index (κ2) is 9.86. The first-order valence-electron chi connectivity index (χ1n) is 7.15. The van der Waals surface area contributed by atoms with E-state index in [1.807, 2.05) is 0 Å². The van der Waals surface area contributed by atoms with E-state index in [2.05, 4.69) is 4.89 Å². The molecule has 8 N–H and O–H groups in total. The van der Waals surface area contributed by atoms with Gasteiger partial charge in [-0.2, -0.15) is 4.89 Å². The maximum absolute atomic E-state index is 9.89. The van der Waals surface area contributed by atoms with Gasteiger partial charge >= 0.3 is 0 Å². The summed E-state index contributed by atoms with van der Waals surface area (Å²) in [6.07, 6.45) is -12.0. The molecule has 0 radical (unpaired) electrons. The van der Waals surface area contributed by atoms with Gasteiger partial charge in [-0.1, -0.05) is 0 Å². The number of hydrogen-bond acceptors (Lipinski definition) is 12. The van der Waals surface area contributed by atoms with Crippen molar-refractivity contribution in [3.05, 3.63) is 0 Å². The van der Waals surface area contributed by atoms with Crippen molar-refractivity contribution in [2.75, 3.05) is 13.2 Å². The topological polar surface area (TPSA) is 199 Å². The Balaban J connectivity index is 2.86. The average molecular weight is 360 g/mol. The van der Waals surface area contributed by atoms with E-state index in [0.717, 1.165) is 0 Å². The number of ether oxygens (including phenoxy) is 3. The summed E-state index contributed by atoms with van der Waals surface area (Å²) in [5.74, 6) is 0. The Morgan fingerprint density at radius 1 is 1.04 bits per heavy atom. The van der Waals surface area contributed by atoms with E-state index in [9.17, 15) is 25.5 Å². The third-order valence-electron chi connectivity index (χ3n) is 3.54. The highest BCUT2D eigenvalue weighted by atomic mass is 17.2. The van der Waals surface area contributed by atoms with Crippen molar-refractivity contribution >= 4 is 0 Å². The molecule has 1 heterocycles. The van der Waals surface area contributed by atoms with Crippen molar-refractivity contribution in [1.82, 2.24) is 0 Å². The minimum absolute atomic E-state index is 0.679. The SMILES string of the molecule is C[C@@H](O)[C@H](O[C@@H]1O[C@H](CO)[C@H](O)[C@H](O)[C@H]1O)[C@@H](CO)O[C@H](O)OO. The predicted octanol–water partition coefficient (Wildman–Crippen LogP) is -4.30. The van der Waals surface area contributed by atoms with Crippen LogP contribution in [0.4, 0.5) is 0 Å². The highest BCUT2D eigenvalue weighted by Crippen LogP contribution is 2.25. The number of aliphatic hydroxyl groups excluding tert-OH is 7. The van der Waals surface area contributed by atoms with Gasteiger partial charge in [-0.15, -0.1) is 0 Å². The molecule has 0 aliphatic carbocycles. The van der Waals surface area contributed by atoms with Crippen LogP contribution in [-0.4, -0.2) is 110 Å². The lowest BCUT2D eigenvalue weighted by Crippen LogP contribution is -2.61. The molecule has 12 nitrogen and oxygen atoms in total. The fourth-order valence-corrected chi connectivity index (χ4v) is 2.25. The van der Waals surface area contributed by atoms with Gasteiger partial charge in [0.25, 0.3) is 6.48 Å². The summed E-state index contributed by atoms with van der Waals surface area (Å²) in [5.41, 5.74) is 0. The van der Waals surface area contributed by atoms with Gasteiger partial charge < -0.3 is 50.0 Å². The molecule has 9 atom stereocenters. The molecule has 1 fully saturated rings. The van der Waals surface area contributed by atoms with Crippen LogP contribution < -0.4 is 0 Å². The van der Waals surface area contributed by atoms with Crippen LogP contribution in [0.5, 0.6) is 0 Å². The summed E-state index contributed by atoms with van der Waals surface area (Å²) in [6.45, 7) is -2.36. The van der Waals surface area contributed by atoms with Crippen LogP contribution in [0.3, 0.4) is 0 Å². The van der Waals surface area contributed by atoms with Gasteiger partial charge in [0.1, 0.15) is 36.6 Å².